The van der Waals surface area contributed by atoms with E-state index in [2.05, 4.69) is 46.0 Å². The Morgan fingerprint density at radius 2 is 2.00 bits per heavy atom. The smallest absolute Gasteiger partial charge is 0.0410 e. The summed E-state index contributed by atoms with van der Waals surface area (Å²) < 4.78 is 1.18. The van der Waals surface area contributed by atoms with Crippen LogP contribution in [0.1, 0.15) is 44.6 Å². The zero-order chi connectivity index (χ0) is 14.8. The molecule has 0 spiro atoms. The summed E-state index contributed by atoms with van der Waals surface area (Å²) in [5, 5.41) is 0. The Kier molecular flexibility index (Phi) is 4.90. The molecule has 1 aliphatic heterocycles. The van der Waals surface area contributed by atoms with Gasteiger partial charge in [-0.05, 0) is 55.7 Å². The second kappa shape index (κ2) is 6.70. The molecule has 2 fully saturated rings. The summed E-state index contributed by atoms with van der Waals surface area (Å²) in [4.78, 5) is 2.62. The minimum Gasteiger partial charge on any atom is -0.371 e. The normalized spacial score (nSPS) is 27.3. The van der Waals surface area contributed by atoms with Crippen molar-refractivity contribution in [2.75, 3.05) is 18.0 Å². The summed E-state index contributed by atoms with van der Waals surface area (Å²) in [6.45, 7) is 4.55. The second-order valence-electron chi connectivity index (χ2n) is 6.99. The summed E-state index contributed by atoms with van der Waals surface area (Å²) in [5.74, 6) is 1.90. The third kappa shape index (κ3) is 3.62. The highest BCUT2D eigenvalue weighted by atomic mass is 79.9. The Bertz CT molecular complexity index is 486. The highest BCUT2D eigenvalue weighted by Crippen LogP contribution is 2.38. The van der Waals surface area contributed by atoms with Crippen molar-refractivity contribution in [2.45, 2.75) is 51.5 Å². The van der Waals surface area contributed by atoms with E-state index in [1.807, 2.05) is 0 Å². The lowest BCUT2D eigenvalue weighted by atomic mass is 9.75. The van der Waals surface area contributed by atoms with Crippen molar-refractivity contribution in [3.8, 4) is 0 Å². The van der Waals surface area contributed by atoms with Gasteiger partial charge in [0.1, 0.15) is 0 Å². The molecule has 1 aromatic carbocycles. The van der Waals surface area contributed by atoms with E-state index in [4.69, 9.17) is 5.73 Å². The van der Waals surface area contributed by atoms with Gasteiger partial charge in [-0.15, -0.1) is 0 Å². The van der Waals surface area contributed by atoms with Gasteiger partial charge in [0.15, 0.2) is 0 Å². The number of fused-ring (bicyclic) bond motifs is 1. The lowest BCUT2D eigenvalue weighted by Gasteiger charge is -2.43. The van der Waals surface area contributed by atoms with E-state index >= 15 is 0 Å². The summed E-state index contributed by atoms with van der Waals surface area (Å²) in [6, 6.07) is 6.91. The minimum atomic E-state index is 0.220. The molecular formula is C18H27BrN2. The number of halogens is 1. The molecule has 3 unspecified atom stereocenters. The van der Waals surface area contributed by atoms with Crippen molar-refractivity contribution in [3.63, 3.8) is 0 Å². The van der Waals surface area contributed by atoms with Crippen LogP contribution < -0.4 is 10.6 Å². The van der Waals surface area contributed by atoms with Crippen LogP contribution in [0.2, 0.25) is 0 Å². The summed E-state index contributed by atoms with van der Waals surface area (Å²) in [6.07, 6.45) is 8.11. The maximum Gasteiger partial charge on any atom is 0.0410 e. The molecule has 1 saturated carbocycles. The average Bonchev–Trinajstić information content (AvgIpc) is 2.48. The predicted molar refractivity (Wildman–Crippen MR) is 93.8 cm³/mol. The van der Waals surface area contributed by atoms with Crippen molar-refractivity contribution in [1.29, 1.82) is 0 Å². The first-order valence-corrected chi connectivity index (χ1v) is 9.21. The molecule has 21 heavy (non-hydrogen) atoms. The van der Waals surface area contributed by atoms with Gasteiger partial charge >= 0.3 is 0 Å². The number of piperidine rings is 1. The monoisotopic (exact) mass is 350 g/mol. The molecular weight excluding hydrogens is 324 g/mol. The first-order valence-electron chi connectivity index (χ1n) is 8.42. The van der Waals surface area contributed by atoms with Crippen LogP contribution in [0.25, 0.3) is 0 Å². The van der Waals surface area contributed by atoms with E-state index in [-0.39, 0.29) is 6.04 Å². The van der Waals surface area contributed by atoms with Gasteiger partial charge in [-0.2, -0.15) is 0 Å². The Morgan fingerprint density at radius 1 is 1.24 bits per heavy atom. The molecule has 2 N–H and O–H groups in total. The molecule has 1 aliphatic carbocycles. The number of nitrogens with zero attached hydrogens (tertiary/aromatic N) is 1. The fourth-order valence-electron chi connectivity index (χ4n) is 4.17. The first-order chi connectivity index (χ1) is 10.1. The number of anilines is 1. The lowest BCUT2D eigenvalue weighted by molar-refractivity contribution is 0.202. The van der Waals surface area contributed by atoms with E-state index in [0.29, 0.717) is 0 Å². The SMILES string of the molecule is CC(N)Cc1ccc(Br)cc1N1CCC2CCCCC2C1. The van der Waals surface area contributed by atoms with Gasteiger partial charge in [0.05, 0.1) is 0 Å². The Morgan fingerprint density at radius 3 is 2.76 bits per heavy atom. The molecule has 2 nitrogen and oxygen atoms in total. The maximum atomic E-state index is 6.04. The fraction of sp³-hybridized carbons (Fsp3) is 0.667. The van der Waals surface area contributed by atoms with Crippen LogP contribution in [0.3, 0.4) is 0 Å². The molecule has 0 amide bonds. The van der Waals surface area contributed by atoms with Gasteiger partial charge in [-0.3, -0.25) is 0 Å². The first kappa shape index (κ1) is 15.4. The van der Waals surface area contributed by atoms with Gasteiger partial charge in [0, 0.05) is 29.3 Å². The molecule has 3 heteroatoms. The highest BCUT2D eigenvalue weighted by Gasteiger charge is 2.31. The van der Waals surface area contributed by atoms with Crippen LogP contribution in [-0.4, -0.2) is 19.1 Å². The van der Waals surface area contributed by atoms with Crippen LogP contribution in [-0.2, 0) is 6.42 Å². The lowest BCUT2D eigenvalue weighted by Crippen LogP contribution is -2.42. The highest BCUT2D eigenvalue weighted by molar-refractivity contribution is 9.10. The number of hydrogen-bond donors (Lipinski definition) is 1. The van der Waals surface area contributed by atoms with Gasteiger partial charge in [0.25, 0.3) is 0 Å². The molecule has 0 bridgehead atoms. The number of hydrogen-bond acceptors (Lipinski definition) is 2. The molecule has 3 rings (SSSR count). The van der Waals surface area contributed by atoms with Gasteiger partial charge in [-0.25, -0.2) is 0 Å². The Balaban J connectivity index is 1.80. The predicted octanol–water partition coefficient (Wildman–Crippen LogP) is 4.36. The molecule has 1 heterocycles. The largest absolute Gasteiger partial charge is 0.371 e. The van der Waals surface area contributed by atoms with Crippen LogP contribution in [0.5, 0.6) is 0 Å². The molecule has 3 atom stereocenters. The number of rotatable bonds is 3. The summed E-state index contributed by atoms with van der Waals surface area (Å²) in [7, 11) is 0. The fourth-order valence-corrected chi connectivity index (χ4v) is 4.52. The molecule has 0 aromatic heterocycles. The summed E-state index contributed by atoms with van der Waals surface area (Å²) >= 11 is 3.64. The summed E-state index contributed by atoms with van der Waals surface area (Å²) in [5.41, 5.74) is 8.85. The molecule has 1 saturated heterocycles. The molecule has 0 radical (unpaired) electrons. The van der Waals surface area contributed by atoms with Crippen molar-refractivity contribution in [2.24, 2.45) is 17.6 Å². The third-order valence-corrected chi connectivity index (χ3v) is 5.71. The van der Waals surface area contributed by atoms with Crippen LogP contribution in [0.4, 0.5) is 5.69 Å². The van der Waals surface area contributed by atoms with E-state index < -0.39 is 0 Å². The van der Waals surface area contributed by atoms with Crippen LogP contribution >= 0.6 is 15.9 Å². The van der Waals surface area contributed by atoms with Crippen molar-refractivity contribution >= 4 is 21.6 Å². The quantitative estimate of drug-likeness (QED) is 0.877. The van der Waals surface area contributed by atoms with E-state index in [1.54, 1.807) is 0 Å². The standard InChI is InChI=1S/C18H27BrN2/c1-13(20)10-15-6-7-17(19)11-18(15)21-9-8-14-4-2-3-5-16(14)12-21/h6-7,11,13-14,16H,2-5,8-10,12,20H2,1H3. The van der Waals surface area contributed by atoms with E-state index in [1.165, 1.54) is 60.9 Å². The molecule has 2 aliphatic rings. The van der Waals surface area contributed by atoms with Crippen molar-refractivity contribution < 1.29 is 0 Å². The topological polar surface area (TPSA) is 29.3 Å². The van der Waals surface area contributed by atoms with Crippen molar-refractivity contribution in [3.05, 3.63) is 28.2 Å². The Labute approximate surface area is 137 Å². The minimum absolute atomic E-state index is 0.220. The zero-order valence-corrected chi connectivity index (χ0v) is 14.6. The maximum absolute atomic E-state index is 6.04. The Hall–Kier alpha value is -0.540. The average molecular weight is 351 g/mol. The number of benzene rings is 1. The molecule has 1 aromatic rings. The van der Waals surface area contributed by atoms with Crippen LogP contribution in [0.15, 0.2) is 22.7 Å². The second-order valence-corrected chi connectivity index (χ2v) is 7.91. The van der Waals surface area contributed by atoms with Gasteiger partial charge in [-0.1, -0.05) is 41.3 Å². The van der Waals surface area contributed by atoms with Crippen LogP contribution in [0, 0.1) is 11.8 Å². The zero-order valence-electron chi connectivity index (χ0n) is 13.0. The molecule has 116 valence electrons. The number of nitrogens with two attached hydrogens (primary N) is 1. The van der Waals surface area contributed by atoms with Crippen molar-refractivity contribution in [1.82, 2.24) is 0 Å². The van der Waals surface area contributed by atoms with Gasteiger partial charge in [0.2, 0.25) is 0 Å². The van der Waals surface area contributed by atoms with E-state index in [0.717, 1.165) is 18.3 Å². The van der Waals surface area contributed by atoms with Gasteiger partial charge < -0.3 is 10.6 Å². The van der Waals surface area contributed by atoms with E-state index in [9.17, 15) is 0 Å². The third-order valence-electron chi connectivity index (χ3n) is 5.22.